The van der Waals surface area contributed by atoms with Crippen LogP contribution < -0.4 is 10.2 Å². The Bertz CT molecular complexity index is 847. The average Bonchev–Trinajstić information content (AvgIpc) is 2.63. The minimum Gasteiger partial charge on any atom is -0.378 e. The molecule has 1 aromatic heterocycles. The molecule has 1 amide bonds. The lowest BCUT2D eigenvalue weighted by atomic mass is 10.1. The third-order valence-electron chi connectivity index (χ3n) is 3.56. The van der Waals surface area contributed by atoms with E-state index in [-0.39, 0.29) is 11.6 Å². The van der Waals surface area contributed by atoms with Crippen LogP contribution in [-0.4, -0.2) is 30.0 Å². The number of nitrogens with one attached hydrogen (secondary N) is 1. The molecule has 1 N–H and O–H groups in total. The van der Waals surface area contributed by atoms with E-state index in [0.29, 0.717) is 5.69 Å². The van der Waals surface area contributed by atoms with Gasteiger partial charge in [0.25, 0.3) is 5.91 Å². The van der Waals surface area contributed by atoms with Crippen LogP contribution >= 0.6 is 0 Å². The fourth-order valence-electron chi connectivity index (χ4n) is 2.28. The zero-order valence-corrected chi connectivity index (χ0v) is 13.6. The van der Waals surface area contributed by atoms with Crippen LogP contribution in [-0.2, 0) is 0 Å². The van der Waals surface area contributed by atoms with Crippen molar-refractivity contribution in [3.63, 3.8) is 0 Å². The van der Waals surface area contributed by atoms with Gasteiger partial charge in [-0.05, 0) is 18.2 Å². The topological polar surface area (TPSA) is 58.1 Å². The van der Waals surface area contributed by atoms with Gasteiger partial charge >= 0.3 is 0 Å². The van der Waals surface area contributed by atoms with E-state index in [2.05, 4.69) is 15.3 Å². The van der Waals surface area contributed by atoms with E-state index in [4.69, 9.17) is 0 Å². The van der Waals surface area contributed by atoms with Crippen molar-refractivity contribution >= 4 is 17.3 Å². The molecule has 0 fully saturated rings. The Morgan fingerprint density at radius 1 is 1.00 bits per heavy atom. The molecule has 0 aliphatic heterocycles. The van der Waals surface area contributed by atoms with Gasteiger partial charge in [-0.1, -0.05) is 36.4 Å². The van der Waals surface area contributed by atoms with Crippen LogP contribution in [0.25, 0.3) is 11.3 Å². The number of nitrogens with zero attached hydrogens (tertiary/aromatic N) is 3. The fourth-order valence-corrected chi connectivity index (χ4v) is 2.28. The van der Waals surface area contributed by atoms with Gasteiger partial charge in [0.15, 0.2) is 0 Å². The summed E-state index contributed by atoms with van der Waals surface area (Å²) < 4.78 is 0. The summed E-state index contributed by atoms with van der Waals surface area (Å²) in [7, 11) is 3.91. The first-order valence-electron chi connectivity index (χ1n) is 7.60. The highest BCUT2D eigenvalue weighted by molar-refractivity contribution is 6.03. The molecule has 0 bridgehead atoms. The number of aromatic nitrogens is 2. The van der Waals surface area contributed by atoms with Crippen molar-refractivity contribution in [3.05, 3.63) is 72.7 Å². The molecule has 0 unspecified atom stereocenters. The smallest absolute Gasteiger partial charge is 0.275 e. The molecule has 5 heteroatoms. The normalized spacial score (nSPS) is 10.2. The monoisotopic (exact) mass is 318 g/mol. The second-order valence-corrected chi connectivity index (χ2v) is 5.55. The van der Waals surface area contributed by atoms with E-state index in [0.717, 1.165) is 16.9 Å². The summed E-state index contributed by atoms with van der Waals surface area (Å²) in [6.07, 6.45) is 3.12. The number of hydrogen-bond donors (Lipinski definition) is 1. The van der Waals surface area contributed by atoms with Gasteiger partial charge in [0, 0.05) is 31.0 Å². The van der Waals surface area contributed by atoms with Gasteiger partial charge in [-0.15, -0.1) is 0 Å². The average molecular weight is 318 g/mol. The van der Waals surface area contributed by atoms with Crippen LogP contribution in [0.4, 0.5) is 11.4 Å². The molecule has 3 rings (SSSR count). The Balaban J connectivity index is 1.82. The van der Waals surface area contributed by atoms with Gasteiger partial charge in [-0.2, -0.15) is 0 Å². The largest absolute Gasteiger partial charge is 0.378 e. The van der Waals surface area contributed by atoms with E-state index in [9.17, 15) is 4.79 Å². The third-order valence-corrected chi connectivity index (χ3v) is 3.56. The highest BCUT2D eigenvalue weighted by atomic mass is 16.1. The maximum Gasteiger partial charge on any atom is 0.275 e. The molecule has 1 heterocycles. The second kappa shape index (κ2) is 6.91. The summed E-state index contributed by atoms with van der Waals surface area (Å²) in [6.45, 7) is 0. The Labute approximate surface area is 141 Å². The Morgan fingerprint density at radius 3 is 2.54 bits per heavy atom. The molecule has 0 saturated carbocycles. The first kappa shape index (κ1) is 15.7. The Morgan fingerprint density at radius 2 is 1.79 bits per heavy atom. The summed E-state index contributed by atoms with van der Waals surface area (Å²) >= 11 is 0. The van der Waals surface area contributed by atoms with E-state index in [1.54, 1.807) is 6.20 Å². The second-order valence-electron chi connectivity index (χ2n) is 5.55. The van der Waals surface area contributed by atoms with Crippen molar-refractivity contribution in [3.8, 4) is 11.3 Å². The minimum atomic E-state index is -0.281. The Kier molecular flexibility index (Phi) is 4.52. The molecule has 2 aromatic carbocycles. The van der Waals surface area contributed by atoms with Crippen molar-refractivity contribution in [2.24, 2.45) is 0 Å². The highest BCUT2D eigenvalue weighted by Gasteiger charge is 2.10. The third kappa shape index (κ3) is 3.57. The van der Waals surface area contributed by atoms with Crippen LogP contribution in [0.5, 0.6) is 0 Å². The first-order chi connectivity index (χ1) is 11.6. The lowest BCUT2D eigenvalue weighted by Gasteiger charge is -2.14. The number of hydrogen-bond acceptors (Lipinski definition) is 4. The van der Waals surface area contributed by atoms with E-state index in [1.165, 1.54) is 6.20 Å². The molecule has 5 nitrogen and oxygen atoms in total. The van der Waals surface area contributed by atoms with Crippen molar-refractivity contribution in [2.45, 2.75) is 0 Å². The van der Waals surface area contributed by atoms with Gasteiger partial charge in [0.1, 0.15) is 5.69 Å². The number of anilines is 2. The highest BCUT2D eigenvalue weighted by Crippen LogP contribution is 2.19. The van der Waals surface area contributed by atoms with Crippen molar-refractivity contribution in [2.75, 3.05) is 24.3 Å². The number of carbonyl (C=O) groups is 1. The fraction of sp³-hybridized carbons (Fsp3) is 0.105. The lowest BCUT2D eigenvalue weighted by Crippen LogP contribution is -2.15. The minimum absolute atomic E-state index is 0.281. The van der Waals surface area contributed by atoms with Crippen LogP contribution in [0.15, 0.2) is 67.0 Å². The van der Waals surface area contributed by atoms with Gasteiger partial charge in [0.05, 0.1) is 18.1 Å². The summed E-state index contributed by atoms with van der Waals surface area (Å²) in [4.78, 5) is 23.0. The summed E-state index contributed by atoms with van der Waals surface area (Å²) in [5.41, 5.74) is 3.61. The molecule has 24 heavy (non-hydrogen) atoms. The maximum absolute atomic E-state index is 12.5. The predicted octanol–water partition coefficient (Wildman–Crippen LogP) is 3.46. The number of carbonyl (C=O) groups excluding carboxylic acids is 1. The van der Waals surface area contributed by atoms with Gasteiger partial charge in [-0.3, -0.25) is 9.78 Å². The first-order valence-corrected chi connectivity index (χ1v) is 7.60. The van der Waals surface area contributed by atoms with Crippen molar-refractivity contribution < 1.29 is 4.79 Å². The molecule has 0 aliphatic carbocycles. The van der Waals surface area contributed by atoms with E-state index >= 15 is 0 Å². The van der Waals surface area contributed by atoms with Crippen molar-refractivity contribution in [1.82, 2.24) is 9.97 Å². The Hall–Kier alpha value is -3.21. The molecule has 0 radical (unpaired) electrons. The molecular formula is C19H18N4O. The summed E-state index contributed by atoms with van der Waals surface area (Å²) in [5.74, 6) is -0.281. The SMILES string of the molecule is CN(C)c1cccc(NC(=O)c2cncc(-c3ccccc3)n2)c1. The van der Waals surface area contributed by atoms with Gasteiger partial charge in [-0.25, -0.2) is 4.98 Å². The van der Waals surface area contributed by atoms with Gasteiger partial charge in [0.2, 0.25) is 0 Å². The molecule has 0 spiro atoms. The zero-order valence-electron chi connectivity index (χ0n) is 13.6. The number of rotatable bonds is 4. The van der Waals surface area contributed by atoms with E-state index < -0.39 is 0 Å². The number of amides is 1. The number of benzene rings is 2. The lowest BCUT2D eigenvalue weighted by molar-refractivity contribution is 0.102. The standard InChI is InChI=1S/C19H18N4O/c1-23(2)16-10-6-9-15(11-16)21-19(24)18-13-20-12-17(22-18)14-7-4-3-5-8-14/h3-13H,1-2H3,(H,21,24). The summed E-state index contributed by atoms with van der Waals surface area (Å²) in [6, 6.07) is 17.3. The van der Waals surface area contributed by atoms with Crippen LogP contribution in [0.1, 0.15) is 10.5 Å². The predicted molar refractivity (Wildman–Crippen MR) is 96.2 cm³/mol. The van der Waals surface area contributed by atoms with Crippen LogP contribution in [0.2, 0.25) is 0 Å². The van der Waals surface area contributed by atoms with E-state index in [1.807, 2.05) is 73.6 Å². The molecule has 0 aliphatic rings. The van der Waals surface area contributed by atoms with Crippen LogP contribution in [0.3, 0.4) is 0 Å². The molecule has 0 atom stereocenters. The molecule has 0 saturated heterocycles. The van der Waals surface area contributed by atoms with Crippen LogP contribution in [0, 0.1) is 0 Å². The molecular weight excluding hydrogens is 300 g/mol. The quantitative estimate of drug-likeness (QED) is 0.800. The van der Waals surface area contributed by atoms with Gasteiger partial charge < -0.3 is 10.2 Å². The summed E-state index contributed by atoms with van der Waals surface area (Å²) in [5, 5.41) is 2.86. The molecule has 120 valence electrons. The van der Waals surface area contributed by atoms with Crippen molar-refractivity contribution in [1.29, 1.82) is 0 Å². The zero-order chi connectivity index (χ0) is 16.9. The maximum atomic E-state index is 12.5. The molecule has 3 aromatic rings.